The molecule has 3 rings (SSSR count). The number of alkyl halides is 1. The van der Waals surface area contributed by atoms with E-state index in [1.165, 1.54) is 11.0 Å². The number of para-hydroxylation sites is 1. The molecule has 2 aromatic rings. The molecule has 0 bridgehead atoms. The smallest absolute Gasteiger partial charge is 0.337 e. The summed E-state index contributed by atoms with van der Waals surface area (Å²) in [6.07, 6.45) is 0. The average Bonchev–Trinajstić information content (AvgIpc) is 2.58. The second-order valence-corrected chi connectivity index (χ2v) is 5.62. The molecule has 1 saturated heterocycles. The zero-order valence-corrected chi connectivity index (χ0v) is 13.0. The summed E-state index contributed by atoms with van der Waals surface area (Å²) in [5, 5.41) is 8.61. The van der Waals surface area contributed by atoms with Crippen molar-refractivity contribution in [1.82, 2.24) is 0 Å². The highest BCUT2D eigenvalue weighted by molar-refractivity contribution is 6.37. The minimum atomic E-state index is -1.08. The van der Waals surface area contributed by atoms with Crippen molar-refractivity contribution in [2.24, 2.45) is 0 Å². The number of β-lactam (4-membered cyclic amide) rings is 1. The number of carbonyl (C=O) groups excluding carboxylic acids is 1. The van der Waals surface area contributed by atoms with E-state index < -0.39 is 17.4 Å². The van der Waals surface area contributed by atoms with Crippen molar-refractivity contribution in [3.05, 3.63) is 59.7 Å². The number of hydrogen-bond acceptors (Lipinski definition) is 3. The zero-order chi connectivity index (χ0) is 16.6. The van der Waals surface area contributed by atoms with Crippen LogP contribution in [-0.2, 0) is 4.79 Å². The number of nitrogens with zero attached hydrogens (tertiary/aromatic N) is 1. The molecule has 0 radical (unpaired) electrons. The first kappa shape index (κ1) is 15.4. The van der Waals surface area contributed by atoms with Crippen LogP contribution in [0.5, 0.6) is 5.75 Å². The number of hydrogen-bond donors (Lipinski definition) is 1. The predicted molar refractivity (Wildman–Crippen MR) is 86.3 cm³/mol. The highest BCUT2D eigenvalue weighted by atomic mass is 35.5. The Balaban J connectivity index is 2.01. The van der Waals surface area contributed by atoms with Crippen LogP contribution in [0.2, 0.25) is 0 Å². The molecule has 1 amide bonds. The Kier molecular flexibility index (Phi) is 3.96. The van der Waals surface area contributed by atoms with Gasteiger partial charge < -0.3 is 14.7 Å². The molecule has 1 fully saturated rings. The number of amides is 1. The van der Waals surface area contributed by atoms with Crippen LogP contribution in [0.1, 0.15) is 22.0 Å². The van der Waals surface area contributed by atoms with Gasteiger partial charge in [0.25, 0.3) is 0 Å². The van der Waals surface area contributed by atoms with E-state index >= 15 is 0 Å². The molecule has 2 aromatic carbocycles. The lowest BCUT2D eigenvalue weighted by Gasteiger charge is -2.45. The Bertz CT molecular complexity index is 759. The van der Waals surface area contributed by atoms with Gasteiger partial charge in [0.15, 0.2) is 0 Å². The third kappa shape index (κ3) is 2.53. The zero-order valence-electron chi connectivity index (χ0n) is 12.3. The first-order valence-electron chi connectivity index (χ1n) is 6.98. The first-order chi connectivity index (χ1) is 11.0. The lowest BCUT2D eigenvalue weighted by molar-refractivity contribution is -0.123. The summed E-state index contributed by atoms with van der Waals surface area (Å²) < 4.78 is 5.12. The maximum atomic E-state index is 12.2. The Morgan fingerprint density at radius 2 is 1.83 bits per heavy atom. The van der Waals surface area contributed by atoms with E-state index in [0.29, 0.717) is 11.4 Å². The number of methoxy groups -OCH3 is 1. The summed E-state index contributed by atoms with van der Waals surface area (Å²) >= 11 is 6.18. The molecular weight excluding hydrogens is 318 g/mol. The van der Waals surface area contributed by atoms with Crippen LogP contribution in [0.25, 0.3) is 0 Å². The molecule has 23 heavy (non-hydrogen) atoms. The summed E-state index contributed by atoms with van der Waals surface area (Å²) in [7, 11) is 1.57. The standard InChI is InChI=1S/C17H14ClNO4/c1-23-11-8-6-10(7-9-11)15-14(18)16(20)19(15)13-5-3-2-4-12(13)17(21)22/h2-9,14-15H,1H3,(H,21,22). The van der Waals surface area contributed by atoms with Crippen molar-refractivity contribution >= 4 is 29.2 Å². The predicted octanol–water partition coefficient (Wildman–Crippen LogP) is 3.09. The van der Waals surface area contributed by atoms with Crippen molar-refractivity contribution in [1.29, 1.82) is 0 Å². The third-order valence-corrected chi connectivity index (χ3v) is 4.31. The number of ether oxygens (including phenoxy) is 1. The van der Waals surface area contributed by atoms with Gasteiger partial charge in [-0.3, -0.25) is 4.79 Å². The lowest BCUT2D eigenvalue weighted by atomic mass is 9.91. The first-order valence-corrected chi connectivity index (χ1v) is 7.41. The van der Waals surface area contributed by atoms with Gasteiger partial charge >= 0.3 is 5.97 Å². The van der Waals surface area contributed by atoms with E-state index in [1.54, 1.807) is 37.4 Å². The van der Waals surface area contributed by atoms with Gasteiger partial charge in [0.2, 0.25) is 5.91 Å². The topological polar surface area (TPSA) is 66.8 Å². The maximum absolute atomic E-state index is 12.2. The number of halogens is 1. The number of benzene rings is 2. The molecule has 6 heteroatoms. The lowest BCUT2D eigenvalue weighted by Crippen LogP contribution is -2.57. The Morgan fingerprint density at radius 3 is 2.43 bits per heavy atom. The fourth-order valence-corrected chi connectivity index (χ4v) is 3.07. The molecule has 1 aliphatic heterocycles. The molecule has 1 heterocycles. The Morgan fingerprint density at radius 1 is 1.17 bits per heavy atom. The number of aromatic carboxylic acids is 1. The van der Waals surface area contributed by atoms with Gasteiger partial charge in [-0.05, 0) is 29.8 Å². The van der Waals surface area contributed by atoms with E-state index in [-0.39, 0.29) is 11.5 Å². The molecule has 118 valence electrons. The van der Waals surface area contributed by atoms with Crippen molar-refractivity contribution < 1.29 is 19.4 Å². The van der Waals surface area contributed by atoms with Crippen LogP contribution in [-0.4, -0.2) is 29.5 Å². The number of anilines is 1. The van der Waals surface area contributed by atoms with Crippen molar-refractivity contribution in [3.63, 3.8) is 0 Å². The quantitative estimate of drug-likeness (QED) is 0.690. The Hall–Kier alpha value is -2.53. The number of rotatable bonds is 4. The number of carbonyl (C=O) groups is 2. The largest absolute Gasteiger partial charge is 0.497 e. The fourth-order valence-electron chi connectivity index (χ4n) is 2.71. The van der Waals surface area contributed by atoms with Crippen LogP contribution in [0, 0.1) is 0 Å². The molecule has 0 saturated carbocycles. The summed E-state index contributed by atoms with van der Waals surface area (Å²) in [5.74, 6) is -0.691. The second kappa shape index (κ2) is 5.93. The van der Waals surface area contributed by atoms with Gasteiger partial charge in [0.05, 0.1) is 24.4 Å². The van der Waals surface area contributed by atoms with Crippen LogP contribution in [0.15, 0.2) is 48.5 Å². The van der Waals surface area contributed by atoms with Crippen LogP contribution in [0.4, 0.5) is 5.69 Å². The molecule has 0 aromatic heterocycles. The summed E-state index contributed by atoms with van der Waals surface area (Å²) in [5.41, 5.74) is 1.25. The van der Waals surface area contributed by atoms with Crippen molar-refractivity contribution in [2.75, 3.05) is 12.0 Å². The summed E-state index contributed by atoms with van der Waals surface area (Å²) in [6, 6.07) is 13.2. The average molecular weight is 332 g/mol. The molecule has 5 nitrogen and oxygen atoms in total. The molecule has 0 aliphatic carbocycles. The van der Waals surface area contributed by atoms with Crippen LogP contribution in [0.3, 0.4) is 0 Å². The van der Waals surface area contributed by atoms with E-state index in [1.807, 2.05) is 12.1 Å². The molecule has 0 spiro atoms. The monoisotopic (exact) mass is 331 g/mol. The summed E-state index contributed by atoms with van der Waals surface area (Å²) in [6.45, 7) is 0. The number of carboxylic acids is 1. The van der Waals surface area contributed by atoms with E-state index in [9.17, 15) is 14.7 Å². The van der Waals surface area contributed by atoms with Gasteiger partial charge in [-0.15, -0.1) is 11.6 Å². The van der Waals surface area contributed by atoms with Gasteiger partial charge in [-0.1, -0.05) is 24.3 Å². The highest BCUT2D eigenvalue weighted by Crippen LogP contribution is 2.43. The minimum absolute atomic E-state index is 0.0722. The second-order valence-electron chi connectivity index (χ2n) is 5.15. The molecule has 2 atom stereocenters. The van der Waals surface area contributed by atoms with Gasteiger partial charge in [0, 0.05) is 0 Å². The SMILES string of the molecule is COc1ccc(C2C(Cl)C(=O)N2c2ccccc2C(=O)O)cc1. The Labute approximate surface area is 138 Å². The van der Waals surface area contributed by atoms with E-state index in [2.05, 4.69) is 0 Å². The molecule has 2 unspecified atom stereocenters. The molecule has 1 aliphatic rings. The number of carboxylic acid groups (broad SMARTS) is 1. The van der Waals surface area contributed by atoms with E-state index in [0.717, 1.165) is 5.56 Å². The fraction of sp³-hybridized carbons (Fsp3) is 0.176. The summed E-state index contributed by atoms with van der Waals surface area (Å²) in [4.78, 5) is 25.0. The van der Waals surface area contributed by atoms with Crippen LogP contribution >= 0.6 is 11.6 Å². The van der Waals surface area contributed by atoms with E-state index in [4.69, 9.17) is 16.3 Å². The highest BCUT2D eigenvalue weighted by Gasteiger charge is 2.48. The van der Waals surface area contributed by atoms with Crippen molar-refractivity contribution in [2.45, 2.75) is 11.4 Å². The normalized spacial score (nSPS) is 20.1. The van der Waals surface area contributed by atoms with Crippen LogP contribution < -0.4 is 9.64 Å². The van der Waals surface area contributed by atoms with Gasteiger partial charge in [-0.2, -0.15) is 0 Å². The maximum Gasteiger partial charge on any atom is 0.337 e. The minimum Gasteiger partial charge on any atom is -0.497 e. The van der Waals surface area contributed by atoms with Gasteiger partial charge in [-0.25, -0.2) is 4.79 Å². The van der Waals surface area contributed by atoms with Crippen molar-refractivity contribution in [3.8, 4) is 5.75 Å². The molecule has 1 N–H and O–H groups in total. The van der Waals surface area contributed by atoms with Gasteiger partial charge in [0.1, 0.15) is 11.1 Å². The molecular formula is C17H14ClNO4. The third-order valence-electron chi connectivity index (χ3n) is 3.88.